The zero-order valence-electron chi connectivity index (χ0n) is 12.7. The van der Waals surface area contributed by atoms with Crippen LogP contribution in [0, 0.1) is 11.3 Å². The van der Waals surface area contributed by atoms with Crippen molar-refractivity contribution in [2.75, 3.05) is 13.1 Å². The predicted octanol–water partition coefficient (Wildman–Crippen LogP) is 2.46. The molecule has 2 amide bonds. The number of carboxylic acids is 1. The van der Waals surface area contributed by atoms with Crippen molar-refractivity contribution in [1.82, 2.24) is 10.2 Å². The standard InChI is InChI=1S/C15H26N2O3/c1-14(2,3)11-6-9-17(10-11)13(20)16-15(12(18)19)7-4-5-8-15/h11H,4-10H2,1-3H3,(H,16,20)(H,18,19). The van der Waals surface area contributed by atoms with E-state index in [1.165, 1.54) is 0 Å². The van der Waals surface area contributed by atoms with E-state index in [9.17, 15) is 14.7 Å². The van der Waals surface area contributed by atoms with Gasteiger partial charge in [0, 0.05) is 13.1 Å². The lowest BCUT2D eigenvalue weighted by atomic mass is 9.80. The van der Waals surface area contributed by atoms with Crippen molar-refractivity contribution in [3.8, 4) is 0 Å². The van der Waals surface area contributed by atoms with Crippen molar-refractivity contribution in [3.63, 3.8) is 0 Å². The number of amides is 2. The number of carbonyl (C=O) groups excluding carboxylic acids is 1. The summed E-state index contributed by atoms with van der Waals surface area (Å²) in [5.41, 5.74) is -0.843. The van der Waals surface area contributed by atoms with Gasteiger partial charge in [0.05, 0.1) is 0 Å². The number of rotatable bonds is 2. The van der Waals surface area contributed by atoms with E-state index in [0.717, 1.165) is 32.4 Å². The first-order chi connectivity index (χ1) is 9.24. The lowest BCUT2D eigenvalue weighted by Gasteiger charge is -2.30. The van der Waals surface area contributed by atoms with Gasteiger partial charge in [0.25, 0.3) is 0 Å². The van der Waals surface area contributed by atoms with Crippen molar-refractivity contribution in [2.45, 2.75) is 58.4 Å². The highest BCUT2D eigenvalue weighted by atomic mass is 16.4. The quantitative estimate of drug-likeness (QED) is 0.817. The van der Waals surface area contributed by atoms with E-state index in [-0.39, 0.29) is 11.4 Å². The summed E-state index contributed by atoms with van der Waals surface area (Å²) in [7, 11) is 0. The summed E-state index contributed by atoms with van der Waals surface area (Å²) >= 11 is 0. The van der Waals surface area contributed by atoms with Gasteiger partial charge in [-0.2, -0.15) is 0 Å². The molecule has 1 heterocycles. The Kier molecular flexibility index (Phi) is 3.98. The third kappa shape index (κ3) is 2.91. The molecule has 2 rings (SSSR count). The lowest BCUT2D eigenvalue weighted by Crippen LogP contribution is -2.56. The first kappa shape index (κ1) is 15.1. The molecule has 1 unspecified atom stereocenters. The molecule has 5 nitrogen and oxygen atoms in total. The lowest BCUT2D eigenvalue weighted by molar-refractivity contribution is -0.144. The zero-order valence-corrected chi connectivity index (χ0v) is 12.7. The SMILES string of the molecule is CC(C)(C)C1CCN(C(=O)NC2(C(=O)O)CCCC2)C1. The van der Waals surface area contributed by atoms with E-state index in [0.29, 0.717) is 18.8 Å². The number of carboxylic acid groups (broad SMARTS) is 1. The monoisotopic (exact) mass is 282 g/mol. The second-order valence-corrected chi connectivity index (χ2v) is 7.32. The van der Waals surface area contributed by atoms with Gasteiger partial charge in [-0.15, -0.1) is 0 Å². The van der Waals surface area contributed by atoms with Gasteiger partial charge in [-0.1, -0.05) is 33.6 Å². The topological polar surface area (TPSA) is 69.6 Å². The van der Waals surface area contributed by atoms with E-state index in [4.69, 9.17) is 0 Å². The van der Waals surface area contributed by atoms with Gasteiger partial charge in [0.15, 0.2) is 0 Å². The van der Waals surface area contributed by atoms with Crippen molar-refractivity contribution in [1.29, 1.82) is 0 Å². The molecule has 2 aliphatic rings. The smallest absolute Gasteiger partial charge is 0.329 e. The van der Waals surface area contributed by atoms with Gasteiger partial charge in [-0.25, -0.2) is 9.59 Å². The molecule has 2 fully saturated rings. The van der Waals surface area contributed by atoms with Crippen molar-refractivity contribution < 1.29 is 14.7 Å². The summed E-state index contributed by atoms with van der Waals surface area (Å²) in [4.78, 5) is 25.6. The molecular formula is C15H26N2O3. The van der Waals surface area contributed by atoms with Crippen LogP contribution in [0.4, 0.5) is 4.79 Å². The Bertz CT molecular complexity index is 394. The molecule has 0 aromatic heterocycles. The Morgan fingerprint density at radius 3 is 2.30 bits per heavy atom. The number of nitrogens with zero attached hydrogens (tertiary/aromatic N) is 1. The van der Waals surface area contributed by atoms with Gasteiger partial charge in [-0.05, 0) is 30.6 Å². The van der Waals surface area contributed by atoms with E-state index in [1.807, 2.05) is 0 Å². The maximum absolute atomic E-state index is 12.3. The molecule has 0 aromatic carbocycles. The van der Waals surface area contributed by atoms with Crippen molar-refractivity contribution in [3.05, 3.63) is 0 Å². The molecule has 1 saturated carbocycles. The second-order valence-electron chi connectivity index (χ2n) is 7.32. The van der Waals surface area contributed by atoms with Crippen LogP contribution in [0.5, 0.6) is 0 Å². The first-order valence-electron chi connectivity index (χ1n) is 7.55. The largest absolute Gasteiger partial charge is 0.480 e. The molecule has 1 aliphatic heterocycles. The first-order valence-corrected chi connectivity index (χ1v) is 7.55. The molecule has 1 aliphatic carbocycles. The summed E-state index contributed by atoms with van der Waals surface area (Å²) < 4.78 is 0. The molecule has 0 spiro atoms. The van der Waals surface area contributed by atoms with Gasteiger partial charge < -0.3 is 15.3 Å². The van der Waals surface area contributed by atoms with Crippen molar-refractivity contribution >= 4 is 12.0 Å². The molecule has 1 saturated heterocycles. The minimum Gasteiger partial charge on any atom is -0.480 e. The van der Waals surface area contributed by atoms with Crippen LogP contribution in [-0.4, -0.2) is 40.6 Å². The molecule has 5 heteroatoms. The van der Waals surface area contributed by atoms with Crippen LogP contribution in [0.15, 0.2) is 0 Å². The average Bonchev–Trinajstić information content (AvgIpc) is 2.96. The fourth-order valence-corrected chi connectivity index (χ4v) is 3.31. The minimum atomic E-state index is -1.03. The van der Waals surface area contributed by atoms with Gasteiger partial charge >= 0.3 is 12.0 Å². The van der Waals surface area contributed by atoms with Crippen LogP contribution in [0.2, 0.25) is 0 Å². The number of hydrogen-bond donors (Lipinski definition) is 2. The van der Waals surface area contributed by atoms with E-state index >= 15 is 0 Å². The highest BCUT2D eigenvalue weighted by molar-refractivity contribution is 5.86. The van der Waals surface area contributed by atoms with Gasteiger partial charge in [0.1, 0.15) is 5.54 Å². The predicted molar refractivity (Wildman–Crippen MR) is 76.5 cm³/mol. The van der Waals surface area contributed by atoms with Crippen LogP contribution < -0.4 is 5.32 Å². The number of carbonyl (C=O) groups is 2. The summed E-state index contributed by atoms with van der Waals surface area (Å²) in [6, 6.07) is -0.207. The maximum Gasteiger partial charge on any atom is 0.329 e. The number of hydrogen-bond acceptors (Lipinski definition) is 2. The molecule has 0 radical (unpaired) electrons. The zero-order chi connectivity index (χ0) is 15.0. The highest BCUT2D eigenvalue weighted by Gasteiger charge is 2.44. The highest BCUT2D eigenvalue weighted by Crippen LogP contribution is 2.34. The fourth-order valence-electron chi connectivity index (χ4n) is 3.31. The number of aliphatic carboxylic acids is 1. The van der Waals surface area contributed by atoms with Gasteiger partial charge in [-0.3, -0.25) is 0 Å². The third-order valence-corrected chi connectivity index (χ3v) is 4.91. The summed E-state index contributed by atoms with van der Waals surface area (Å²) in [5, 5.41) is 12.2. The fraction of sp³-hybridized carbons (Fsp3) is 0.867. The molecule has 2 N–H and O–H groups in total. The Morgan fingerprint density at radius 2 is 1.85 bits per heavy atom. The van der Waals surface area contributed by atoms with Crippen molar-refractivity contribution in [2.24, 2.45) is 11.3 Å². The third-order valence-electron chi connectivity index (χ3n) is 4.91. The average molecular weight is 282 g/mol. The Morgan fingerprint density at radius 1 is 1.25 bits per heavy atom. The molecule has 0 bridgehead atoms. The van der Waals surface area contributed by atoms with E-state index < -0.39 is 11.5 Å². The molecule has 20 heavy (non-hydrogen) atoms. The summed E-state index contributed by atoms with van der Waals surface area (Å²) in [5.74, 6) is -0.410. The van der Waals surface area contributed by atoms with Crippen LogP contribution in [0.3, 0.4) is 0 Å². The second kappa shape index (κ2) is 5.26. The van der Waals surface area contributed by atoms with E-state index in [1.54, 1.807) is 4.90 Å². The van der Waals surface area contributed by atoms with Crippen LogP contribution in [0.25, 0.3) is 0 Å². The van der Waals surface area contributed by atoms with Gasteiger partial charge in [0.2, 0.25) is 0 Å². The Labute approximate surface area is 120 Å². The normalized spacial score (nSPS) is 25.8. The molecule has 114 valence electrons. The van der Waals surface area contributed by atoms with E-state index in [2.05, 4.69) is 26.1 Å². The summed E-state index contributed by atoms with van der Waals surface area (Å²) in [6.07, 6.45) is 3.83. The number of nitrogens with one attached hydrogen (secondary N) is 1. The number of urea groups is 1. The number of likely N-dealkylation sites (tertiary alicyclic amines) is 1. The summed E-state index contributed by atoms with van der Waals surface area (Å²) in [6.45, 7) is 8.02. The maximum atomic E-state index is 12.3. The molecule has 0 aromatic rings. The van der Waals surface area contributed by atoms with Crippen LogP contribution >= 0.6 is 0 Å². The molecular weight excluding hydrogens is 256 g/mol. The Hall–Kier alpha value is -1.26. The molecule has 1 atom stereocenters. The van der Waals surface area contributed by atoms with Crippen LogP contribution in [-0.2, 0) is 4.79 Å². The minimum absolute atomic E-state index is 0.187. The Balaban J connectivity index is 1.97. The van der Waals surface area contributed by atoms with Crippen LogP contribution in [0.1, 0.15) is 52.9 Å².